The first-order valence-electron chi connectivity index (χ1n) is 13.3. The van der Waals surface area contributed by atoms with Crippen LogP contribution in [0.25, 0.3) is 0 Å². The molecule has 2 amide bonds. The lowest BCUT2D eigenvalue weighted by Gasteiger charge is -2.53. The van der Waals surface area contributed by atoms with E-state index in [0.29, 0.717) is 17.7 Å². The van der Waals surface area contributed by atoms with E-state index in [2.05, 4.69) is 33.9 Å². The van der Waals surface area contributed by atoms with Crippen LogP contribution in [0.1, 0.15) is 60.3 Å². The van der Waals surface area contributed by atoms with E-state index in [-0.39, 0.29) is 23.0 Å². The van der Waals surface area contributed by atoms with E-state index in [1.54, 1.807) is 36.0 Å². The molecule has 3 aliphatic rings. The van der Waals surface area contributed by atoms with E-state index in [9.17, 15) is 9.59 Å². The van der Waals surface area contributed by atoms with Gasteiger partial charge in [0, 0.05) is 5.56 Å². The fourth-order valence-corrected chi connectivity index (χ4v) is 7.37. The van der Waals surface area contributed by atoms with E-state index in [0.717, 1.165) is 11.3 Å². The molecule has 3 heterocycles. The number of amides is 2. The molecule has 0 aliphatic carbocycles. The number of carbonyl (C=O) groups is 2. The van der Waals surface area contributed by atoms with Crippen LogP contribution in [-0.2, 0) is 18.6 Å². The molecule has 0 aromatic heterocycles. The topological polar surface area (TPSA) is 74.3 Å². The van der Waals surface area contributed by atoms with Gasteiger partial charge in [0.1, 0.15) is 23.7 Å². The van der Waals surface area contributed by atoms with Gasteiger partial charge in [-0.15, -0.1) is 11.8 Å². The zero-order chi connectivity index (χ0) is 27.2. The lowest BCUT2D eigenvalue weighted by atomic mass is 9.95. The Morgan fingerprint density at radius 2 is 1.58 bits per heavy atom. The number of carbonyl (C=O) groups excluding carboxylic acids is 2. The first kappa shape index (κ1) is 27.5. The molecule has 2 saturated heterocycles. The van der Waals surface area contributed by atoms with Crippen LogP contribution in [0.15, 0.2) is 54.6 Å². The molecule has 204 valence electrons. The maximum atomic E-state index is 13.7. The number of benzene rings is 2. The quantitative estimate of drug-likeness (QED) is 0.338. The van der Waals surface area contributed by atoms with E-state index < -0.39 is 38.3 Å². The van der Waals surface area contributed by atoms with Crippen molar-refractivity contribution in [2.24, 2.45) is 0 Å². The van der Waals surface area contributed by atoms with Crippen LogP contribution in [0.2, 0.25) is 18.1 Å². The first-order chi connectivity index (χ1) is 18.0. The predicted molar refractivity (Wildman–Crippen MR) is 150 cm³/mol. The SMILES string of the molecule is CCS[C@@H]1O[C@@H]2COC(c3ccccc3)O[C@H]2[C@H](O[Si](C)(C)C(C)(C)C)[C@H]1N1C(=O)c2ccccc2C1=O. The van der Waals surface area contributed by atoms with Crippen molar-refractivity contribution in [1.82, 2.24) is 4.90 Å². The average molecular weight is 556 g/mol. The molecule has 0 bridgehead atoms. The summed E-state index contributed by atoms with van der Waals surface area (Å²) in [6.45, 7) is 13.3. The standard InChI is InChI=1S/C29H37NO6SSi/c1-7-37-28-22(30-25(31)19-15-11-12-16-20(19)26(30)32)24(36-38(5,6)29(2,3)4)23-21(34-28)17-33-27(35-23)18-13-9-8-10-14-18/h8-16,21-24,27-28H,7,17H2,1-6H3/t21-,22-,23-,24-,27?,28+/m1/s1. The number of imide groups is 1. The summed E-state index contributed by atoms with van der Waals surface area (Å²) in [5.41, 5.74) is 1.26. The maximum Gasteiger partial charge on any atom is 0.262 e. The molecule has 2 aromatic rings. The van der Waals surface area contributed by atoms with Crippen molar-refractivity contribution < 1.29 is 28.2 Å². The van der Waals surface area contributed by atoms with Crippen LogP contribution in [0, 0.1) is 0 Å². The Kier molecular flexibility index (Phi) is 7.63. The summed E-state index contributed by atoms with van der Waals surface area (Å²) < 4.78 is 26.4. The Balaban J connectivity index is 1.58. The Morgan fingerprint density at radius 1 is 0.974 bits per heavy atom. The van der Waals surface area contributed by atoms with Gasteiger partial charge >= 0.3 is 0 Å². The number of hydrogen-bond acceptors (Lipinski definition) is 7. The van der Waals surface area contributed by atoms with Gasteiger partial charge in [0.15, 0.2) is 14.6 Å². The Hall–Kier alpha value is -2.01. The average Bonchev–Trinajstić information content (AvgIpc) is 3.14. The maximum absolute atomic E-state index is 13.7. The van der Waals surface area contributed by atoms with Crippen molar-refractivity contribution in [2.45, 2.75) is 81.9 Å². The molecule has 5 rings (SSSR count). The fraction of sp³-hybridized carbons (Fsp3) is 0.517. The number of rotatable bonds is 6. The smallest absolute Gasteiger partial charge is 0.262 e. The van der Waals surface area contributed by atoms with Gasteiger partial charge in [0.2, 0.25) is 0 Å². The molecule has 0 N–H and O–H groups in total. The highest BCUT2D eigenvalue weighted by atomic mass is 32.2. The van der Waals surface area contributed by atoms with Gasteiger partial charge in [-0.25, -0.2) is 0 Å². The highest BCUT2D eigenvalue weighted by molar-refractivity contribution is 7.99. The Morgan fingerprint density at radius 3 is 2.16 bits per heavy atom. The second-order valence-electron chi connectivity index (χ2n) is 11.5. The van der Waals surface area contributed by atoms with Gasteiger partial charge in [-0.05, 0) is 36.0 Å². The minimum atomic E-state index is -2.37. The van der Waals surface area contributed by atoms with Gasteiger partial charge in [-0.2, -0.15) is 0 Å². The summed E-state index contributed by atoms with van der Waals surface area (Å²) in [6, 6.07) is 16.1. The second kappa shape index (κ2) is 10.5. The van der Waals surface area contributed by atoms with Gasteiger partial charge in [-0.1, -0.05) is 70.2 Å². The van der Waals surface area contributed by atoms with Crippen molar-refractivity contribution in [3.63, 3.8) is 0 Å². The molecule has 6 atom stereocenters. The van der Waals surface area contributed by atoms with Crippen molar-refractivity contribution in [3.8, 4) is 0 Å². The Bertz CT molecular complexity index is 1150. The molecule has 0 radical (unpaired) electrons. The number of thioether (sulfide) groups is 1. The second-order valence-corrected chi connectivity index (χ2v) is 17.7. The molecule has 2 fully saturated rings. The third-order valence-electron chi connectivity index (χ3n) is 8.07. The molecular formula is C29H37NO6SSi. The minimum Gasteiger partial charge on any atom is -0.409 e. The van der Waals surface area contributed by atoms with Crippen molar-refractivity contribution >= 4 is 31.9 Å². The van der Waals surface area contributed by atoms with Crippen LogP contribution < -0.4 is 0 Å². The summed E-state index contributed by atoms with van der Waals surface area (Å²) in [4.78, 5) is 28.9. The van der Waals surface area contributed by atoms with Gasteiger partial charge < -0.3 is 18.6 Å². The third kappa shape index (κ3) is 4.89. The first-order valence-corrected chi connectivity index (χ1v) is 17.2. The van der Waals surface area contributed by atoms with Gasteiger partial charge in [0.25, 0.3) is 11.8 Å². The predicted octanol–water partition coefficient (Wildman–Crippen LogP) is 5.63. The van der Waals surface area contributed by atoms with Crippen LogP contribution >= 0.6 is 11.8 Å². The molecule has 9 heteroatoms. The molecule has 2 aromatic carbocycles. The molecule has 7 nitrogen and oxygen atoms in total. The molecule has 0 spiro atoms. The van der Waals surface area contributed by atoms with Crippen LogP contribution in [0.3, 0.4) is 0 Å². The number of fused-ring (bicyclic) bond motifs is 2. The molecule has 3 aliphatic heterocycles. The fourth-order valence-electron chi connectivity index (χ4n) is 5.04. The highest BCUT2D eigenvalue weighted by Gasteiger charge is 2.58. The largest absolute Gasteiger partial charge is 0.409 e. The number of nitrogens with zero attached hydrogens (tertiary/aromatic N) is 1. The van der Waals surface area contributed by atoms with Crippen LogP contribution in [-0.4, -0.2) is 67.2 Å². The van der Waals surface area contributed by atoms with E-state index in [1.807, 2.05) is 37.3 Å². The molecule has 1 unspecified atom stereocenters. The lowest BCUT2D eigenvalue weighted by molar-refractivity contribution is -0.307. The summed E-state index contributed by atoms with van der Waals surface area (Å²) in [5, 5.41) is -0.0925. The lowest BCUT2D eigenvalue weighted by Crippen LogP contribution is -2.69. The number of ether oxygens (including phenoxy) is 3. The van der Waals surface area contributed by atoms with Crippen molar-refractivity contribution in [3.05, 3.63) is 71.3 Å². The van der Waals surface area contributed by atoms with Crippen LogP contribution in [0.5, 0.6) is 0 Å². The minimum absolute atomic E-state index is 0.0925. The van der Waals surface area contributed by atoms with Crippen LogP contribution in [0.4, 0.5) is 0 Å². The number of hydrogen-bond donors (Lipinski definition) is 0. The van der Waals surface area contributed by atoms with E-state index >= 15 is 0 Å². The molecule has 38 heavy (non-hydrogen) atoms. The van der Waals surface area contributed by atoms with Gasteiger partial charge in [0.05, 0.1) is 23.8 Å². The molecule has 0 saturated carbocycles. The summed E-state index contributed by atoms with van der Waals surface area (Å²) in [7, 11) is -2.37. The molecular weight excluding hydrogens is 518 g/mol. The monoisotopic (exact) mass is 555 g/mol. The van der Waals surface area contributed by atoms with Gasteiger partial charge in [-0.3, -0.25) is 14.5 Å². The zero-order valence-corrected chi connectivity index (χ0v) is 24.7. The zero-order valence-electron chi connectivity index (χ0n) is 22.9. The van der Waals surface area contributed by atoms with Crippen molar-refractivity contribution in [2.75, 3.05) is 12.4 Å². The normalized spacial score (nSPS) is 29.8. The van der Waals surface area contributed by atoms with Crippen molar-refractivity contribution in [1.29, 1.82) is 0 Å². The highest BCUT2D eigenvalue weighted by Crippen LogP contribution is 2.45. The summed E-state index contributed by atoms with van der Waals surface area (Å²) >= 11 is 1.58. The summed E-state index contributed by atoms with van der Waals surface area (Å²) in [6.07, 6.45) is -2.08. The Labute approximate surface area is 230 Å². The van der Waals surface area contributed by atoms with E-state index in [4.69, 9.17) is 18.6 Å². The third-order valence-corrected chi connectivity index (χ3v) is 13.6. The summed E-state index contributed by atoms with van der Waals surface area (Å²) in [5.74, 6) is 0.132. The van der Waals surface area contributed by atoms with E-state index in [1.165, 1.54) is 4.90 Å².